The van der Waals surface area contributed by atoms with Crippen molar-refractivity contribution in [1.29, 1.82) is 0 Å². The van der Waals surface area contributed by atoms with Crippen molar-refractivity contribution in [2.75, 3.05) is 0 Å². The number of nitrogens with one attached hydrogen (secondary N) is 1. The first-order chi connectivity index (χ1) is 8.16. The van der Waals surface area contributed by atoms with Crippen LogP contribution in [0.3, 0.4) is 0 Å². The molecule has 0 aliphatic rings. The maximum atomic E-state index is 10.9. The van der Waals surface area contributed by atoms with Crippen molar-refractivity contribution >= 4 is 16.8 Å². The van der Waals surface area contributed by atoms with Crippen LogP contribution in [0, 0.1) is 0 Å². The van der Waals surface area contributed by atoms with Crippen molar-refractivity contribution in [2.45, 2.75) is 19.5 Å². The summed E-state index contributed by atoms with van der Waals surface area (Å²) in [6.45, 7) is 2.37. The Labute approximate surface area is 99.8 Å². The molecule has 1 aromatic carbocycles. The van der Waals surface area contributed by atoms with E-state index in [2.05, 4.69) is 16.4 Å². The first kappa shape index (κ1) is 11.5. The van der Waals surface area contributed by atoms with Gasteiger partial charge in [0.2, 0.25) is 5.91 Å². The van der Waals surface area contributed by atoms with Gasteiger partial charge >= 0.3 is 0 Å². The highest BCUT2D eigenvalue weighted by molar-refractivity contribution is 5.80. The highest BCUT2D eigenvalue weighted by Gasteiger charge is 2.07. The van der Waals surface area contributed by atoms with Crippen LogP contribution in [0.4, 0.5) is 0 Å². The number of hydrogen-bond donors (Lipinski definition) is 2. The molecule has 0 bridgehead atoms. The van der Waals surface area contributed by atoms with Gasteiger partial charge in [-0.1, -0.05) is 12.1 Å². The van der Waals surface area contributed by atoms with E-state index in [0.717, 1.165) is 16.5 Å². The Hall–Kier alpha value is -1.94. The van der Waals surface area contributed by atoms with Crippen LogP contribution < -0.4 is 11.1 Å². The van der Waals surface area contributed by atoms with E-state index in [4.69, 9.17) is 5.73 Å². The molecule has 1 atom stereocenters. The number of fused-ring (bicyclic) bond motifs is 1. The van der Waals surface area contributed by atoms with Crippen molar-refractivity contribution in [3.05, 3.63) is 42.1 Å². The summed E-state index contributed by atoms with van der Waals surface area (Å²) < 4.78 is 0. The van der Waals surface area contributed by atoms with Crippen molar-refractivity contribution in [1.82, 2.24) is 10.3 Å². The van der Waals surface area contributed by atoms with Gasteiger partial charge in [0.15, 0.2) is 0 Å². The lowest BCUT2D eigenvalue weighted by Crippen LogP contribution is -2.38. The molecule has 0 saturated heterocycles. The Morgan fingerprint density at radius 1 is 1.47 bits per heavy atom. The number of amides is 1. The van der Waals surface area contributed by atoms with Crippen LogP contribution in [0.1, 0.15) is 12.5 Å². The average Bonchev–Trinajstić information content (AvgIpc) is 2.35. The van der Waals surface area contributed by atoms with Crippen LogP contribution >= 0.6 is 0 Å². The normalized spacial score (nSPS) is 12.5. The molecule has 0 radical (unpaired) electrons. The minimum Gasteiger partial charge on any atom is -0.368 e. The summed E-state index contributed by atoms with van der Waals surface area (Å²) in [6, 6.07) is 9.63. The summed E-state index contributed by atoms with van der Waals surface area (Å²) >= 11 is 0. The van der Waals surface area contributed by atoms with Gasteiger partial charge in [-0.05, 0) is 30.7 Å². The number of aromatic nitrogens is 1. The number of primary amides is 1. The van der Waals surface area contributed by atoms with E-state index in [1.54, 1.807) is 13.1 Å². The fourth-order valence-corrected chi connectivity index (χ4v) is 1.61. The molecule has 1 amide bonds. The van der Waals surface area contributed by atoms with Gasteiger partial charge in [0, 0.05) is 18.1 Å². The number of rotatable bonds is 4. The lowest BCUT2D eigenvalue weighted by Gasteiger charge is -2.10. The zero-order valence-electron chi connectivity index (χ0n) is 9.68. The summed E-state index contributed by atoms with van der Waals surface area (Å²) in [7, 11) is 0. The summed E-state index contributed by atoms with van der Waals surface area (Å²) in [5.74, 6) is -0.340. The lowest BCUT2D eigenvalue weighted by atomic mass is 10.1. The maximum Gasteiger partial charge on any atom is 0.234 e. The third-order valence-corrected chi connectivity index (χ3v) is 2.71. The van der Waals surface area contributed by atoms with Crippen LogP contribution in [0.15, 0.2) is 36.5 Å². The van der Waals surface area contributed by atoms with Gasteiger partial charge in [0.1, 0.15) is 0 Å². The van der Waals surface area contributed by atoms with Crippen molar-refractivity contribution in [3.8, 4) is 0 Å². The topological polar surface area (TPSA) is 68.0 Å². The summed E-state index contributed by atoms with van der Waals surface area (Å²) in [5.41, 5.74) is 7.26. The van der Waals surface area contributed by atoms with Crippen molar-refractivity contribution in [2.24, 2.45) is 5.73 Å². The van der Waals surface area contributed by atoms with E-state index in [-0.39, 0.29) is 11.9 Å². The standard InChI is InChI=1S/C13H15N3O/c1-9(13(14)17)16-8-10-4-5-12-11(7-10)3-2-6-15-12/h2-7,9,16H,8H2,1H3,(H2,14,17). The van der Waals surface area contributed by atoms with Gasteiger partial charge in [0.25, 0.3) is 0 Å². The minimum atomic E-state index is -0.340. The van der Waals surface area contributed by atoms with Gasteiger partial charge in [-0.2, -0.15) is 0 Å². The number of nitrogens with zero attached hydrogens (tertiary/aromatic N) is 1. The molecule has 1 heterocycles. The predicted octanol–water partition coefficient (Wildman–Crippen LogP) is 1.20. The number of carbonyl (C=O) groups excluding carboxylic acids is 1. The summed E-state index contributed by atoms with van der Waals surface area (Å²) in [6.07, 6.45) is 1.77. The molecule has 0 aliphatic carbocycles. The lowest BCUT2D eigenvalue weighted by molar-refractivity contribution is -0.119. The van der Waals surface area contributed by atoms with Gasteiger partial charge < -0.3 is 11.1 Å². The Bertz CT molecular complexity index is 539. The molecular weight excluding hydrogens is 214 g/mol. The number of carbonyl (C=O) groups is 1. The van der Waals surface area contributed by atoms with Crippen LogP contribution in [0.2, 0.25) is 0 Å². The number of pyridine rings is 1. The van der Waals surface area contributed by atoms with Crippen LogP contribution in [-0.2, 0) is 11.3 Å². The molecule has 0 saturated carbocycles. The molecule has 0 spiro atoms. The second-order valence-electron chi connectivity index (χ2n) is 4.04. The third kappa shape index (κ3) is 2.79. The van der Waals surface area contributed by atoms with E-state index in [9.17, 15) is 4.79 Å². The molecule has 0 aliphatic heterocycles. The number of nitrogens with two attached hydrogens (primary N) is 1. The van der Waals surface area contributed by atoms with Crippen molar-refractivity contribution < 1.29 is 4.79 Å². The zero-order valence-corrected chi connectivity index (χ0v) is 9.68. The molecule has 2 aromatic rings. The predicted molar refractivity (Wildman–Crippen MR) is 67.2 cm³/mol. The second kappa shape index (κ2) is 4.93. The van der Waals surface area contributed by atoms with Crippen molar-refractivity contribution in [3.63, 3.8) is 0 Å². The fourth-order valence-electron chi connectivity index (χ4n) is 1.61. The minimum absolute atomic E-state index is 0.320. The molecular formula is C13H15N3O. The van der Waals surface area contributed by atoms with Crippen LogP contribution in [-0.4, -0.2) is 16.9 Å². The van der Waals surface area contributed by atoms with Gasteiger partial charge in [-0.15, -0.1) is 0 Å². The molecule has 4 heteroatoms. The summed E-state index contributed by atoms with van der Waals surface area (Å²) in [5, 5.41) is 4.16. The largest absolute Gasteiger partial charge is 0.368 e. The van der Waals surface area contributed by atoms with E-state index >= 15 is 0 Å². The van der Waals surface area contributed by atoms with E-state index in [1.807, 2.05) is 24.3 Å². The molecule has 88 valence electrons. The number of benzene rings is 1. The Morgan fingerprint density at radius 2 is 2.29 bits per heavy atom. The quantitative estimate of drug-likeness (QED) is 0.827. The van der Waals surface area contributed by atoms with E-state index in [1.165, 1.54) is 0 Å². The monoisotopic (exact) mass is 229 g/mol. The SMILES string of the molecule is CC(NCc1ccc2ncccc2c1)C(N)=O. The molecule has 2 rings (SSSR count). The molecule has 17 heavy (non-hydrogen) atoms. The van der Waals surface area contributed by atoms with Gasteiger partial charge in [-0.25, -0.2) is 0 Å². The fraction of sp³-hybridized carbons (Fsp3) is 0.231. The van der Waals surface area contributed by atoms with Crippen LogP contribution in [0.5, 0.6) is 0 Å². The van der Waals surface area contributed by atoms with Crippen LogP contribution in [0.25, 0.3) is 10.9 Å². The Kier molecular flexibility index (Phi) is 3.35. The highest BCUT2D eigenvalue weighted by atomic mass is 16.1. The molecule has 1 aromatic heterocycles. The third-order valence-electron chi connectivity index (χ3n) is 2.71. The summed E-state index contributed by atoms with van der Waals surface area (Å²) in [4.78, 5) is 15.1. The van der Waals surface area contributed by atoms with E-state index in [0.29, 0.717) is 6.54 Å². The number of hydrogen-bond acceptors (Lipinski definition) is 3. The van der Waals surface area contributed by atoms with Gasteiger partial charge in [0.05, 0.1) is 11.6 Å². The van der Waals surface area contributed by atoms with E-state index < -0.39 is 0 Å². The molecule has 1 unspecified atom stereocenters. The maximum absolute atomic E-state index is 10.9. The Balaban J connectivity index is 2.12. The molecule has 3 N–H and O–H groups in total. The first-order valence-corrected chi connectivity index (χ1v) is 5.53. The average molecular weight is 229 g/mol. The molecule has 0 fully saturated rings. The molecule has 4 nitrogen and oxygen atoms in total. The highest BCUT2D eigenvalue weighted by Crippen LogP contribution is 2.13. The first-order valence-electron chi connectivity index (χ1n) is 5.53. The Morgan fingerprint density at radius 3 is 3.06 bits per heavy atom. The van der Waals surface area contributed by atoms with Gasteiger partial charge in [-0.3, -0.25) is 9.78 Å². The smallest absolute Gasteiger partial charge is 0.234 e. The zero-order chi connectivity index (χ0) is 12.3. The second-order valence-corrected chi connectivity index (χ2v) is 4.04.